The molecule has 3 rings (SSSR count). The molecule has 1 aliphatic heterocycles. The molecule has 2 aromatic carbocycles. The van der Waals surface area contributed by atoms with Crippen molar-refractivity contribution in [3.8, 4) is 0 Å². The fourth-order valence-corrected chi connectivity index (χ4v) is 3.84. The van der Waals surface area contributed by atoms with Gasteiger partial charge in [-0.2, -0.15) is 0 Å². The van der Waals surface area contributed by atoms with Crippen LogP contribution in [0.4, 0.5) is 5.69 Å². The number of thioether (sulfide) groups is 1. The van der Waals surface area contributed by atoms with Gasteiger partial charge >= 0.3 is 5.97 Å². The standard InChI is InChI=1S/C21H21N3O4S/c1-3-28-20(25)18-14(2)22-21(23-19(18)16-7-5-4-6-8-16)29-13-15-9-11-17(12-10-15)24(26)27/h4-12,19H,3,13H2,1-2H3,(H,22,23)/t19-/m1/s1. The van der Waals surface area contributed by atoms with E-state index in [4.69, 9.17) is 9.73 Å². The molecule has 0 radical (unpaired) electrons. The lowest BCUT2D eigenvalue weighted by atomic mass is 9.97. The fourth-order valence-electron chi connectivity index (χ4n) is 2.94. The molecule has 0 unspecified atom stereocenters. The summed E-state index contributed by atoms with van der Waals surface area (Å²) < 4.78 is 5.23. The van der Waals surface area contributed by atoms with Crippen molar-refractivity contribution < 1.29 is 14.5 Å². The number of esters is 1. The van der Waals surface area contributed by atoms with Crippen LogP contribution in [0.1, 0.15) is 31.0 Å². The minimum absolute atomic E-state index is 0.0638. The highest BCUT2D eigenvalue weighted by atomic mass is 32.2. The summed E-state index contributed by atoms with van der Waals surface area (Å²) in [7, 11) is 0. The zero-order valence-electron chi connectivity index (χ0n) is 16.1. The van der Waals surface area contributed by atoms with Crippen molar-refractivity contribution in [3.63, 3.8) is 0 Å². The molecule has 8 heteroatoms. The van der Waals surface area contributed by atoms with E-state index in [2.05, 4.69) is 5.32 Å². The molecule has 0 spiro atoms. The highest BCUT2D eigenvalue weighted by Gasteiger charge is 2.30. The van der Waals surface area contributed by atoms with Crippen molar-refractivity contribution in [1.29, 1.82) is 0 Å². The van der Waals surface area contributed by atoms with Gasteiger partial charge in [-0.3, -0.25) is 10.1 Å². The van der Waals surface area contributed by atoms with Crippen molar-refractivity contribution in [3.05, 3.63) is 87.1 Å². The van der Waals surface area contributed by atoms with Crippen LogP contribution >= 0.6 is 11.8 Å². The number of carbonyl (C=O) groups excluding carboxylic acids is 1. The van der Waals surface area contributed by atoms with Gasteiger partial charge in [0.2, 0.25) is 0 Å². The van der Waals surface area contributed by atoms with E-state index in [0.29, 0.717) is 28.8 Å². The molecule has 29 heavy (non-hydrogen) atoms. The Kier molecular flexibility index (Phi) is 6.66. The number of carbonyl (C=O) groups is 1. The number of nitrogens with zero attached hydrogens (tertiary/aromatic N) is 2. The maximum Gasteiger partial charge on any atom is 0.338 e. The molecule has 0 fully saturated rings. The molecule has 1 heterocycles. The van der Waals surface area contributed by atoms with Gasteiger partial charge in [-0.1, -0.05) is 54.2 Å². The Balaban J connectivity index is 1.81. The smallest absolute Gasteiger partial charge is 0.338 e. The maximum atomic E-state index is 12.5. The first-order valence-corrected chi connectivity index (χ1v) is 10.1. The van der Waals surface area contributed by atoms with Gasteiger partial charge in [-0.05, 0) is 25.0 Å². The predicted octanol–water partition coefficient (Wildman–Crippen LogP) is 4.37. The number of aliphatic imine (C=N–C) groups is 1. The highest BCUT2D eigenvalue weighted by molar-refractivity contribution is 8.13. The number of ether oxygens (including phenoxy) is 1. The third-order valence-corrected chi connectivity index (χ3v) is 5.31. The topological polar surface area (TPSA) is 93.8 Å². The molecule has 7 nitrogen and oxygen atoms in total. The molecule has 1 N–H and O–H groups in total. The van der Waals surface area contributed by atoms with Crippen LogP contribution in [-0.4, -0.2) is 22.7 Å². The Hall–Kier alpha value is -3.13. The number of hydrogen-bond donors (Lipinski definition) is 1. The SMILES string of the molecule is CCOC(=O)C1=C(C)NC(SCc2ccc([N+](=O)[O-])cc2)=N[C@@H]1c1ccccc1. The summed E-state index contributed by atoms with van der Waals surface area (Å²) in [5.74, 6) is 0.211. The number of nitro groups is 1. The largest absolute Gasteiger partial charge is 0.463 e. The first kappa shape index (κ1) is 20.6. The molecular weight excluding hydrogens is 390 g/mol. The molecule has 0 amide bonds. The summed E-state index contributed by atoms with van der Waals surface area (Å²) in [6.45, 7) is 3.90. The van der Waals surface area contributed by atoms with Gasteiger partial charge in [0.15, 0.2) is 5.17 Å². The molecule has 0 bridgehead atoms. The zero-order chi connectivity index (χ0) is 20.8. The molecule has 2 aromatic rings. The molecule has 0 aliphatic carbocycles. The van der Waals surface area contributed by atoms with E-state index in [-0.39, 0.29) is 11.7 Å². The average Bonchev–Trinajstić information content (AvgIpc) is 2.73. The molecule has 1 atom stereocenters. The highest BCUT2D eigenvalue weighted by Crippen LogP contribution is 2.33. The average molecular weight is 411 g/mol. The van der Waals surface area contributed by atoms with Crippen LogP contribution in [0, 0.1) is 10.1 Å². The molecular formula is C21H21N3O4S. The van der Waals surface area contributed by atoms with Crippen LogP contribution in [0.5, 0.6) is 0 Å². The van der Waals surface area contributed by atoms with Crippen molar-refractivity contribution >= 4 is 28.6 Å². The van der Waals surface area contributed by atoms with E-state index in [0.717, 1.165) is 11.1 Å². The molecule has 150 valence electrons. The van der Waals surface area contributed by atoms with Gasteiger partial charge in [-0.25, -0.2) is 9.79 Å². The van der Waals surface area contributed by atoms with E-state index in [1.54, 1.807) is 19.1 Å². The third-order valence-electron chi connectivity index (χ3n) is 4.35. The summed E-state index contributed by atoms with van der Waals surface area (Å²) in [5.41, 5.74) is 3.12. The van der Waals surface area contributed by atoms with Crippen LogP contribution in [0.3, 0.4) is 0 Å². The number of nitrogens with one attached hydrogen (secondary N) is 1. The minimum atomic E-state index is -0.448. The summed E-state index contributed by atoms with van der Waals surface area (Å²) >= 11 is 1.48. The number of hydrogen-bond acceptors (Lipinski definition) is 7. The lowest BCUT2D eigenvalue weighted by Crippen LogP contribution is -2.30. The Morgan fingerprint density at radius 2 is 1.90 bits per heavy atom. The van der Waals surface area contributed by atoms with Crippen LogP contribution in [-0.2, 0) is 15.3 Å². The van der Waals surface area contributed by atoms with E-state index < -0.39 is 11.0 Å². The maximum absolute atomic E-state index is 12.5. The summed E-state index contributed by atoms with van der Waals surface area (Å²) in [6, 6.07) is 15.6. The first-order valence-electron chi connectivity index (χ1n) is 9.13. The van der Waals surface area contributed by atoms with E-state index in [9.17, 15) is 14.9 Å². The van der Waals surface area contributed by atoms with Crippen LogP contribution in [0.25, 0.3) is 0 Å². The summed E-state index contributed by atoms with van der Waals surface area (Å²) in [6.07, 6.45) is 0. The Bertz CT molecular complexity index is 956. The van der Waals surface area contributed by atoms with Crippen molar-refractivity contribution in [2.45, 2.75) is 25.6 Å². The van der Waals surface area contributed by atoms with E-state index in [1.807, 2.05) is 37.3 Å². The number of allylic oxidation sites excluding steroid dienone is 1. The van der Waals surface area contributed by atoms with E-state index in [1.165, 1.54) is 23.9 Å². The second kappa shape index (κ2) is 9.38. The second-order valence-corrected chi connectivity index (χ2v) is 7.31. The van der Waals surface area contributed by atoms with Gasteiger partial charge in [0.25, 0.3) is 5.69 Å². The Morgan fingerprint density at radius 3 is 2.52 bits per heavy atom. The number of rotatable bonds is 6. The zero-order valence-corrected chi connectivity index (χ0v) is 16.9. The number of amidine groups is 1. The van der Waals surface area contributed by atoms with E-state index >= 15 is 0 Å². The molecule has 1 aliphatic rings. The van der Waals surface area contributed by atoms with Crippen molar-refractivity contribution in [2.75, 3.05) is 6.61 Å². The van der Waals surface area contributed by atoms with Crippen molar-refractivity contribution in [2.24, 2.45) is 4.99 Å². The third kappa shape index (κ3) is 5.03. The van der Waals surface area contributed by atoms with Gasteiger partial charge < -0.3 is 10.1 Å². The predicted molar refractivity (Wildman–Crippen MR) is 113 cm³/mol. The molecule has 0 aromatic heterocycles. The molecule has 0 saturated heterocycles. The van der Waals surface area contributed by atoms with Crippen LogP contribution in [0.2, 0.25) is 0 Å². The monoisotopic (exact) mass is 411 g/mol. The normalized spacial score (nSPS) is 16.1. The summed E-state index contributed by atoms with van der Waals surface area (Å²) in [4.78, 5) is 27.6. The Morgan fingerprint density at radius 1 is 1.21 bits per heavy atom. The van der Waals surface area contributed by atoms with Gasteiger partial charge in [0.1, 0.15) is 6.04 Å². The number of non-ortho nitro benzene ring substituents is 1. The number of nitro benzene ring substituents is 1. The van der Waals surface area contributed by atoms with Crippen molar-refractivity contribution in [1.82, 2.24) is 5.32 Å². The Labute approximate surface area is 173 Å². The number of benzene rings is 2. The van der Waals surface area contributed by atoms with Gasteiger partial charge in [-0.15, -0.1) is 0 Å². The molecule has 0 saturated carbocycles. The van der Waals surface area contributed by atoms with Gasteiger partial charge in [0, 0.05) is 23.6 Å². The lowest BCUT2D eigenvalue weighted by Gasteiger charge is -2.25. The van der Waals surface area contributed by atoms with Crippen LogP contribution in [0.15, 0.2) is 70.9 Å². The first-order chi connectivity index (χ1) is 14.0. The summed E-state index contributed by atoms with van der Waals surface area (Å²) in [5, 5.41) is 14.7. The quantitative estimate of drug-likeness (QED) is 0.431. The second-order valence-electron chi connectivity index (χ2n) is 6.34. The van der Waals surface area contributed by atoms with Gasteiger partial charge in [0.05, 0.1) is 17.1 Å². The lowest BCUT2D eigenvalue weighted by molar-refractivity contribution is -0.384. The fraction of sp³-hybridized carbons (Fsp3) is 0.238. The minimum Gasteiger partial charge on any atom is -0.463 e. The van der Waals surface area contributed by atoms with Crippen LogP contribution < -0.4 is 5.32 Å².